The summed E-state index contributed by atoms with van der Waals surface area (Å²) in [5, 5.41) is 0.453. The van der Waals surface area contributed by atoms with Gasteiger partial charge < -0.3 is 4.74 Å². The molecule has 0 aliphatic carbocycles. The summed E-state index contributed by atoms with van der Waals surface area (Å²) in [5.74, 6) is 0.731. The molecule has 0 bridgehead atoms. The van der Waals surface area contributed by atoms with Crippen LogP contribution in [0.2, 0.25) is 5.15 Å². The van der Waals surface area contributed by atoms with Crippen molar-refractivity contribution in [2.75, 3.05) is 7.11 Å². The molecule has 2 aromatic heterocycles. The minimum atomic E-state index is 0.453. The fourth-order valence-electron chi connectivity index (χ4n) is 0.824. The lowest BCUT2D eigenvalue weighted by molar-refractivity contribution is 0.414. The topological polar surface area (TPSA) is 35.0 Å². The quantitative estimate of drug-likeness (QED) is 0.696. The summed E-state index contributed by atoms with van der Waals surface area (Å²) in [7, 11) is 1.59. The van der Waals surface area contributed by atoms with E-state index < -0.39 is 0 Å². The van der Waals surface area contributed by atoms with Gasteiger partial charge in [0.05, 0.1) is 7.11 Å². The fourth-order valence-corrected chi connectivity index (χ4v) is 0.988. The molecule has 0 N–H and O–H groups in total. The van der Waals surface area contributed by atoms with Crippen molar-refractivity contribution in [2.24, 2.45) is 0 Å². The van der Waals surface area contributed by atoms with Crippen LogP contribution in [0, 0.1) is 0 Å². The predicted octanol–water partition coefficient (Wildman–Crippen LogP) is 2.83. The summed E-state index contributed by atoms with van der Waals surface area (Å²) in [5.41, 5.74) is 0. The normalized spacial score (nSPS) is 8.67. The second-order valence-electron chi connectivity index (χ2n) is 2.54. The third-order valence-corrected chi connectivity index (χ3v) is 1.71. The Hall–Kier alpha value is -1.61. The Labute approximate surface area is 93.7 Å². The lowest BCUT2D eigenvalue weighted by Crippen LogP contribution is -1.82. The van der Waals surface area contributed by atoms with Crippen LogP contribution in [-0.4, -0.2) is 17.1 Å². The number of hydrogen-bond donors (Lipinski definition) is 0. The zero-order valence-corrected chi connectivity index (χ0v) is 9.06. The first-order chi connectivity index (χ1) is 7.33. The molecule has 0 aromatic carbocycles. The van der Waals surface area contributed by atoms with Gasteiger partial charge in [-0.3, -0.25) is 4.98 Å². The van der Waals surface area contributed by atoms with Gasteiger partial charge in [0, 0.05) is 24.7 Å². The van der Waals surface area contributed by atoms with Crippen LogP contribution in [0.5, 0.6) is 5.75 Å². The van der Waals surface area contributed by atoms with E-state index in [-0.39, 0.29) is 0 Å². The van der Waals surface area contributed by atoms with Gasteiger partial charge in [-0.15, -0.1) is 0 Å². The number of aromatic nitrogens is 2. The molecule has 0 fully saturated rings. The molecule has 0 saturated heterocycles. The van der Waals surface area contributed by atoms with Crippen LogP contribution in [0.1, 0.15) is 0 Å². The summed E-state index contributed by atoms with van der Waals surface area (Å²) in [6.07, 6.45) is 5.10. The number of hydrogen-bond acceptors (Lipinski definition) is 3. The number of pyridine rings is 2. The van der Waals surface area contributed by atoms with Gasteiger partial charge in [-0.1, -0.05) is 17.7 Å². The lowest BCUT2D eigenvalue weighted by Gasteiger charge is -1.96. The van der Waals surface area contributed by atoms with E-state index in [4.69, 9.17) is 16.3 Å². The van der Waals surface area contributed by atoms with Gasteiger partial charge >= 0.3 is 0 Å². The van der Waals surface area contributed by atoms with Gasteiger partial charge in [-0.2, -0.15) is 0 Å². The molecule has 15 heavy (non-hydrogen) atoms. The maximum absolute atomic E-state index is 5.53. The summed E-state index contributed by atoms with van der Waals surface area (Å²) < 4.78 is 4.87. The maximum atomic E-state index is 5.53. The molecule has 0 amide bonds. The van der Waals surface area contributed by atoms with E-state index in [1.807, 2.05) is 18.2 Å². The van der Waals surface area contributed by atoms with Gasteiger partial charge in [0.2, 0.25) is 0 Å². The lowest BCUT2D eigenvalue weighted by atomic mass is 10.5. The van der Waals surface area contributed by atoms with Crippen LogP contribution in [0.25, 0.3) is 0 Å². The zero-order chi connectivity index (χ0) is 10.9. The molecule has 3 nitrogen and oxygen atoms in total. The molecule has 0 spiro atoms. The third-order valence-electron chi connectivity index (χ3n) is 1.50. The smallest absolute Gasteiger partial charge is 0.132 e. The molecular formula is C11H11ClN2O. The summed E-state index contributed by atoms with van der Waals surface area (Å²) in [6.45, 7) is 0. The van der Waals surface area contributed by atoms with Crippen molar-refractivity contribution in [2.45, 2.75) is 0 Å². The fraction of sp³-hybridized carbons (Fsp3) is 0.0909. The minimum absolute atomic E-state index is 0.453. The SMILES string of the molecule is COc1ccnc(Cl)c1.c1ccncc1. The Kier molecular flexibility index (Phi) is 5.19. The molecule has 0 unspecified atom stereocenters. The highest BCUT2D eigenvalue weighted by molar-refractivity contribution is 6.29. The first-order valence-corrected chi connectivity index (χ1v) is 4.71. The van der Waals surface area contributed by atoms with Gasteiger partial charge in [-0.05, 0) is 18.2 Å². The Morgan fingerprint density at radius 3 is 2.20 bits per heavy atom. The monoisotopic (exact) mass is 222 g/mol. The molecule has 78 valence electrons. The van der Waals surface area contributed by atoms with Gasteiger partial charge in [0.25, 0.3) is 0 Å². The summed E-state index contributed by atoms with van der Waals surface area (Å²) in [4.78, 5) is 7.56. The molecule has 0 aliphatic rings. The molecule has 0 atom stereocenters. The summed E-state index contributed by atoms with van der Waals surface area (Å²) in [6, 6.07) is 9.11. The molecule has 4 heteroatoms. The largest absolute Gasteiger partial charge is 0.497 e. The van der Waals surface area contributed by atoms with E-state index in [0.29, 0.717) is 5.15 Å². The van der Waals surface area contributed by atoms with E-state index in [1.165, 1.54) is 0 Å². The van der Waals surface area contributed by atoms with Gasteiger partial charge in [0.1, 0.15) is 10.9 Å². The van der Waals surface area contributed by atoms with Crippen molar-refractivity contribution < 1.29 is 4.74 Å². The van der Waals surface area contributed by atoms with Crippen LogP contribution < -0.4 is 4.74 Å². The second-order valence-corrected chi connectivity index (χ2v) is 2.93. The van der Waals surface area contributed by atoms with E-state index >= 15 is 0 Å². The minimum Gasteiger partial charge on any atom is -0.497 e. The van der Waals surface area contributed by atoms with E-state index in [1.54, 1.807) is 37.8 Å². The number of methoxy groups -OCH3 is 1. The highest BCUT2D eigenvalue weighted by Crippen LogP contribution is 2.12. The first-order valence-electron chi connectivity index (χ1n) is 4.33. The summed E-state index contributed by atoms with van der Waals surface area (Å²) >= 11 is 5.53. The molecule has 0 radical (unpaired) electrons. The average molecular weight is 223 g/mol. The zero-order valence-electron chi connectivity index (χ0n) is 8.30. The van der Waals surface area contributed by atoms with Crippen molar-refractivity contribution in [1.29, 1.82) is 0 Å². The van der Waals surface area contributed by atoms with Crippen LogP contribution in [0.4, 0.5) is 0 Å². The molecular weight excluding hydrogens is 212 g/mol. The Bertz CT molecular complexity index is 355. The van der Waals surface area contributed by atoms with E-state index in [2.05, 4.69) is 9.97 Å². The van der Waals surface area contributed by atoms with Crippen molar-refractivity contribution in [1.82, 2.24) is 9.97 Å². The highest BCUT2D eigenvalue weighted by Gasteiger charge is 1.89. The van der Waals surface area contributed by atoms with Crippen LogP contribution >= 0.6 is 11.6 Å². The van der Waals surface area contributed by atoms with E-state index in [0.717, 1.165) is 5.75 Å². The highest BCUT2D eigenvalue weighted by atomic mass is 35.5. The standard InChI is InChI=1S/C6H6ClNO.C5H5N/c1-9-5-2-3-8-6(7)4-5;1-2-4-6-5-3-1/h2-4H,1H3;1-5H. The van der Waals surface area contributed by atoms with Crippen LogP contribution in [0.15, 0.2) is 48.9 Å². The Balaban J connectivity index is 0.000000162. The van der Waals surface area contributed by atoms with Gasteiger partial charge in [0.15, 0.2) is 0 Å². The predicted molar refractivity (Wildman–Crippen MR) is 60.0 cm³/mol. The number of ether oxygens (including phenoxy) is 1. The third kappa shape index (κ3) is 4.98. The number of nitrogens with zero attached hydrogens (tertiary/aromatic N) is 2. The van der Waals surface area contributed by atoms with E-state index in [9.17, 15) is 0 Å². The molecule has 0 saturated carbocycles. The average Bonchev–Trinajstić information content (AvgIpc) is 2.32. The second kappa shape index (κ2) is 6.79. The number of halogens is 1. The first kappa shape index (κ1) is 11.5. The molecule has 2 heterocycles. The molecule has 2 rings (SSSR count). The Morgan fingerprint density at radius 2 is 1.87 bits per heavy atom. The number of rotatable bonds is 1. The van der Waals surface area contributed by atoms with Crippen LogP contribution in [0.3, 0.4) is 0 Å². The van der Waals surface area contributed by atoms with Crippen LogP contribution in [-0.2, 0) is 0 Å². The van der Waals surface area contributed by atoms with Gasteiger partial charge in [-0.25, -0.2) is 4.98 Å². The Morgan fingerprint density at radius 1 is 1.13 bits per heavy atom. The van der Waals surface area contributed by atoms with Crippen molar-refractivity contribution in [3.05, 3.63) is 54.1 Å². The maximum Gasteiger partial charge on any atom is 0.132 e. The van der Waals surface area contributed by atoms with Crippen molar-refractivity contribution in [3.8, 4) is 5.75 Å². The molecule has 0 aliphatic heterocycles. The van der Waals surface area contributed by atoms with Crippen molar-refractivity contribution >= 4 is 11.6 Å². The molecule has 2 aromatic rings. The van der Waals surface area contributed by atoms with Crippen molar-refractivity contribution in [3.63, 3.8) is 0 Å².